The van der Waals surface area contributed by atoms with Crippen molar-refractivity contribution in [2.24, 2.45) is 0 Å². The Kier molecular flexibility index (Phi) is 7.59. The summed E-state index contributed by atoms with van der Waals surface area (Å²) in [6, 6.07) is 7.99. The predicted octanol–water partition coefficient (Wildman–Crippen LogP) is 4.66. The molecule has 0 heterocycles. The Bertz CT molecular complexity index is 489. The lowest BCUT2D eigenvalue weighted by Crippen LogP contribution is -2.08. The third kappa shape index (κ3) is 4.92. The van der Waals surface area contributed by atoms with Crippen LogP contribution in [0.5, 0.6) is 0 Å². The van der Waals surface area contributed by atoms with E-state index in [1.807, 2.05) is 18.2 Å². The van der Waals surface area contributed by atoms with E-state index in [1.54, 1.807) is 0 Å². The van der Waals surface area contributed by atoms with Crippen LogP contribution >= 0.6 is 0 Å². The molecule has 0 saturated heterocycles. The summed E-state index contributed by atoms with van der Waals surface area (Å²) in [6.45, 7) is 4.25. The van der Waals surface area contributed by atoms with Gasteiger partial charge in [-0.15, -0.1) is 0 Å². The maximum Gasteiger partial charge on any atom is 0.371 e. The van der Waals surface area contributed by atoms with Gasteiger partial charge < -0.3 is 9.84 Å². The molecule has 1 N–H and O–H groups in total. The molecular formula is C18H26O3. The average molecular weight is 290 g/mol. The molecule has 3 heteroatoms. The van der Waals surface area contributed by atoms with Crippen molar-refractivity contribution in [2.45, 2.75) is 52.4 Å². The smallest absolute Gasteiger partial charge is 0.371 e. The standard InChI is InChI=1S/C18H26O3/c1-4-6-7-8-13-16(17(21-3)18(19)20)15-12-10-9-11-14(15)5-2/h9-12H,4-8,13H2,1-3H3,(H,19,20)/b17-16-. The van der Waals surface area contributed by atoms with Crippen LogP contribution < -0.4 is 0 Å². The van der Waals surface area contributed by atoms with Crippen LogP contribution in [0.25, 0.3) is 5.57 Å². The van der Waals surface area contributed by atoms with Gasteiger partial charge in [0, 0.05) is 5.57 Å². The van der Waals surface area contributed by atoms with Crippen LogP contribution in [0.15, 0.2) is 30.0 Å². The Morgan fingerprint density at radius 3 is 2.43 bits per heavy atom. The fraction of sp³-hybridized carbons (Fsp3) is 0.500. The lowest BCUT2D eigenvalue weighted by atomic mass is 9.93. The largest absolute Gasteiger partial charge is 0.490 e. The number of aliphatic carboxylic acids is 1. The maximum atomic E-state index is 11.5. The highest BCUT2D eigenvalue weighted by Gasteiger charge is 2.18. The fourth-order valence-corrected chi connectivity index (χ4v) is 2.56. The Labute approximate surface area is 127 Å². The third-order valence-electron chi connectivity index (χ3n) is 3.68. The molecule has 21 heavy (non-hydrogen) atoms. The highest BCUT2D eigenvalue weighted by Crippen LogP contribution is 2.29. The van der Waals surface area contributed by atoms with Crippen molar-refractivity contribution in [3.8, 4) is 0 Å². The van der Waals surface area contributed by atoms with E-state index in [1.165, 1.54) is 25.5 Å². The van der Waals surface area contributed by atoms with E-state index in [0.717, 1.165) is 36.8 Å². The number of carboxylic acids is 1. The SMILES string of the molecule is CCCCCC/C(=C(/OC)C(=O)O)c1ccccc1CC. The summed E-state index contributed by atoms with van der Waals surface area (Å²) in [7, 11) is 1.43. The molecule has 0 spiro atoms. The Morgan fingerprint density at radius 2 is 1.86 bits per heavy atom. The van der Waals surface area contributed by atoms with Gasteiger partial charge in [-0.1, -0.05) is 57.4 Å². The van der Waals surface area contributed by atoms with E-state index < -0.39 is 5.97 Å². The number of benzene rings is 1. The summed E-state index contributed by atoms with van der Waals surface area (Å²) in [5.74, 6) is -0.915. The average Bonchev–Trinajstić information content (AvgIpc) is 2.50. The van der Waals surface area contributed by atoms with Crippen LogP contribution in [0.1, 0.15) is 57.1 Å². The highest BCUT2D eigenvalue weighted by atomic mass is 16.5. The zero-order chi connectivity index (χ0) is 15.7. The van der Waals surface area contributed by atoms with Gasteiger partial charge in [-0.3, -0.25) is 0 Å². The predicted molar refractivity (Wildman–Crippen MR) is 86.1 cm³/mol. The van der Waals surface area contributed by atoms with Crippen LogP contribution in [0, 0.1) is 0 Å². The lowest BCUT2D eigenvalue weighted by molar-refractivity contribution is -0.135. The Hall–Kier alpha value is -1.77. The number of aryl methyl sites for hydroxylation is 1. The number of hydrogen-bond acceptors (Lipinski definition) is 2. The van der Waals surface area contributed by atoms with Crippen LogP contribution in [0.3, 0.4) is 0 Å². The molecule has 0 aliphatic carbocycles. The number of ether oxygens (including phenoxy) is 1. The van der Waals surface area contributed by atoms with Gasteiger partial charge >= 0.3 is 5.97 Å². The molecule has 0 aliphatic heterocycles. The molecule has 1 rings (SSSR count). The van der Waals surface area contributed by atoms with Gasteiger partial charge in [0.25, 0.3) is 0 Å². The molecular weight excluding hydrogens is 264 g/mol. The van der Waals surface area contributed by atoms with Crippen molar-refractivity contribution in [1.29, 1.82) is 0 Å². The molecule has 0 amide bonds. The number of unbranched alkanes of at least 4 members (excludes halogenated alkanes) is 3. The molecule has 0 atom stereocenters. The molecule has 0 radical (unpaired) electrons. The quantitative estimate of drug-likeness (QED) is 0.408. The van der Waals surface area contributed by atoms with E-state index >= 15 is 0 Å². The van der Waals surface area contributed by atoms with Gasteiger partial charge in [-0.2, -0.15) is 0 Å². The second kappa shape index (κ2) is 9.22. The van der Waals surface area contributed by atoms with Crippen molar-refractivity contribution < 1.29 is 14.6 Å². The summed E-state index contributed by atoms with van der Waals surface area (Å²) in [5.41, 5.74) is 2.99. The summed E-state index contributed by atoms with van der Waals surface area (Å²) < 4.78 is 5.16. The monoisotopic (exact) mass is 290 g/mol. The topological polar surface area (TPSA) is 46.5 Å². The Morgan fingerprint density at radius 1 is 1.14 bits per heavy atom. The van der Waals surface area contributed by atoms with Gasteiger partial charge in [0.15, 0.2) is 0 Å². The molecule has 0 bridgehead atoms. The second-order valence-electron chi connectivity index (χ2n) is 5.14. The molecule has 0 fully saturated rings. The summed E-state index contributed by atoms with van der Waals surface area (Å²) in [6.07, 6.45) is 6.07. The minimum absolute atomic E-state index is 0.0763. The van der Waals surface area contributed by atoms with Crippen LogP contribution in [-0.4, -0.2) is 18.2 Å². The molecule has 1 aromatic rings. The van der Waals surface area contributed by atoms with Crippen molar-refractivity contribution >= 4 is 11.5 Å². The lowest BCUT2D eigenvalue weighted by Gasteiger charge is -2.15. The van der Waals surface area contributed by atoms with Gasteiger partial charge in [0.1, 0.15) is 0 Å². The van der Waals surface area contributed by atoms with E-state index in [2.05, 4.69) is 19.9 Å². The van der Waals surface area contributed by atoms with Crippen molar-refractivity contribution in [1.82, 2.24) is 0 Å². The van der Waals surface area contributed by atoms with Crippen LogP contribution in [0.2, 0.25) is 0 Å². The highest BCUT2D eigenvalue weighted by molar-refractivity contribution is 5.94. The number of allylic oxidation sites excluding steroid dienone is 1. The first-order valence-corrected chi connectivity index (χ1v) is 7.74. The number of carboxylic acid groups (broad SMARTS) is 1. The zero-order valence-corrected chi connectivity index (χ0v) is 13.3. The van der Waals surface area contributed by atoms with Crippen molar-refractivity contribution in [3.05, 3.63) is 41.2 Å². The minimum Gasteiger partial charge on any atom is -0.490 e. The maximum absolute atomic E-state index is 11.5. The van der Waals surface area contributed by atoms with Gasteiger partial charge in [-0.05, 0) is 30.4 Å². The molecule has 116 valence electrons. The van der Waals surface area contributed by atoms with Gasteiger partial charge in [-0.25, -0.2) is 4.79 Å². The minimum atomic E-state index is -0.992. The number of methoxy groups -OCH3 is 1. The normalized spacial score (nSPS) is 12.0. The van der Waals surface area contributed by atoms with Gasteiger partial charge in [0.05, 0.1) is 7.11 Å². The first kappa shape index (κ1) is 17.3. The first-order valence-electron chi connectivity index (χ1n) is 7.74. The Balaban J connectivity index is 3.15. The zero-order valence-electron chi connectivity index (χ0n) is 13.3. The molecule has 0 saturated carbocycles. The molecule has 0 aromatic heterocycles. The third-order valence-corrected chi connectivity index (χ3v) is 3.68. The number of hydrogen-bond donors (Lipinski definition) is 1. The molecule has 0 unspecified atom stereocenters. The second-order valence-corrected chi connectivity index (χ2v) is 5.14. The fourth-order valence-electron chi connectivity index (χ4n) is 2.56. The number of rotatable bonds is 9. The van der Waals surface area contributed by atoms with Crippen LogP contribution in [-0.2, 0) is 16.0 Å². The summed E-state index contributed by atoms with van der Waals surface area (Å²) >= 11 is 0. The first-order chi connectivity index (χ1) is 10.2. The van der Waals surface area contributed by atoms with Crippen molar-refractivity contribution in [2.75, 3.05) is 7.11 Å². The number of carbonyl (C=O) groups is 1. The molecule has 3 nitrogen and oxygen atoms in total. The van der Waals surface area contributed by atoms with E-state index in [9.17, 15) is 9.90 Å². The van der Waals surface area contributed by atoms with E-state index in [0.29, 0.717) is 0 Å². The van der Waals surface area contributed by atoms with E-state index in [-0.39, 0.29) is 5.76 Å². The molecule has 1 aromatic carbocycles. The molecule has 0 aliphatic rings. The summed E-state index contributed by atoms with van der Waals surface area (Å²) in [4.78, 5) is 11.5. The summed E-state index contributed by atoms with van der Waals surface area (Å²) in [5, 5.41) is 9.39. The van der Waals surface area contributed by atoms with Crippen LogP contribution in [0.4, 0.5) is 0 Å². The van der Waals surface area contributed by atoms with Crippen molar-refractivity contribution in [3.63, 3.8) is 0 Å². The van der Waals surface area contributed by atoms with Gasteiger partial charge in [0.2, 0.25) is 5.76 Å². The van der Waals surface area contributed by atoms with E-state index in [4.69, 9.17) is 4.74 Å².